The third-order valence-electron chi connectivity index (χ3n) is 5.28. The summed E-state index contributed by atoms with van der Waals surface area (Å²) < 4.78 is 31.8. The number of hydrogen-bond donors (Lipinski definition) is 0. The summed E-state index contributed by atoms with van der Waals surface area (Å²) in [6, 6.07) is 12.2. The highest BCUT2D eigenvalue weighted by Crippen LogP contribution is 2.36. The van der Waals surface area contributed by atoms with Crippen molar-refractivity contribution in [1.29, 1.82) is 0 Å². The number of halogens is 1. The first-order valence-electron chi connectivity index (χ1n) is 8.97. The maximum Gasteiger partial charge on any atom is 0.497 e. The van der Waals surface area contributed by atoms with Gasteiger partial charge in [-0.1, -0.05) is 30.3 Å². The van der Waals surface area contributed by atoms with E-state index in [0.717, 1.165) is 5.56 Å². The highest BCUT2D eigenvalue weighted by molar-refractivity contribution is 6.62. The third-order valence-corrected chi connectivity index (χ3v) is 5.28. The summed E-state index contributed by atoms with van der Waals surface area (Å²) in [5.74, 6) is -0.972. The van der Waals surface area contributed by atoms with Crippen LogP contribution in [0.15, 0.2) is 42.5 Å². The molecule has 0 atom stereocenters. The smallest absolute Gasteiger partial charge is 0.457 e. The molecule has 0 N–H and O–H groups in total. The molecule has 0 radical (unpaired) electrons. The Labute approximate surface area is 159 Å². The lowest BCUT2D eigenvalue weighted by molar-refractivity contribution is 0.00578. The summed E-state index contributed by atoms with van der Waals surface area (Å²) in [4.78, 5) is 12.5. The summed E-state index contributed by atoms with van der Waals surface area (Å²) in [5.41, 5.74) is 0.706. The van der Waals surface area contributed by atoms with Gasteiger partial charge in [-0.2, -0.15) is 0 Å². The number of hydrogen-bond acceptors (Lipinski definition) is 4. The molecule has 2 aromatic carbocycles. The molecular formula is C21H24BFO4. The van der Waals surface area contributed by atoms with E-state index >= 15 is 0 Å². The Bertz CT molecular complexity index is 833. The van der Waals surface area contributed by atoms with Gasteiger partial charge in [-0.05, 0) is 57.9 Å². The van der Waals surface area contributed by atoms with Gasteiger partial charge in [0.2, 0.25) is 0 Å². The van der Waals surface area contributed by atoms with Crippen LogP contribution in [0, 0.1) is 12.7 Å². The monoisotopic (exact) mass is 370 g/mol. The Morgan fingerprint density at radius 3 is 2.26 bits per heavy atom. The van der Waals surface area contributed by atoms with E-state index in [2.05, 4.69) is 0 Å². The summed E-state index contributed by atoms with van der Waals surface area (Å²) >= 11 is 0. The van der Waals surface area contributed by atoms with Crippen LogP contribution in [0.1, 0.15) is 49.2 Å². The van der Waals surface area contributed by atoms with Crippen molar-refractivity contribution in [2.75, 3.05) is 0 Å². The zero-order valence-electron chi connectivity index (χ0n) is 16.3. The topological polar surface area (TPSA) is 44.8 Å². The fourth-order valence-electron chi connectivity index (χ4n) is 2.86. The van der Waals surface area contributed by atoms with Gasteiger partial charge in [-0.25, -0.2) is 9.18 Å². The zero-order chi connectivity index (χ0) is 19.8. The van der Waals surface area contributed by atoms with Crippen LogP contribution in [0.2, 0.25) is 0 Å². The Morgan fingerprint density at radius 2 is 1.67 bits per heavy atom. The minimum Gasteiger partial charge on any atom is -0.457 e. The molecule has 0 bridgehead atoms. The van der Waals surface area contributed by atoms with Crippen LogP contribution < -0.4 is 5.46 Å². The molecule has 0 aromatic heterocycles. The maximum absolute atomic E-state index is 14.6. The number of carbonyl (C=O) groups is 1. The van der Waals surface area contributed by atoms with Crippen molar-refractivity contribution in [3.05, 3.63) is 65.0 Å². The largest absolute Gasteiger partial charge is 0.497 e. The third kappa shape index (κ3) is 3.92. The number of benzene rings is 2. The first-order chi connectivity index (χ1) is 12.6. The van der Waals surface area contributed by atoms with Crippen LogP contribution in [0.5, 0.6) is 0 Å². The minimum absolute atomic E-state index is 0.155. The van der Waals surface area contributed by atoms with Gasteiger partial charge in [-0.3, -0.25) is 0 Å². The predicted octanol–water partition coefficient (Wildman–Crippen LogP) is 3.79. The van der Waals surface area contributed by atoms with Crippen molar-refractivity contribution in [2.24, 2.45) is 0 Å². The van der Waals surface area contributed by atoms with Crippen molar-refractivity contribution in [3.63, 3.8) is 0 Å². The SMILES string of the molecule is Cc1cc(F)c(B2OC(C)(C)C(C)(C)O2)cc1C(=O)OCc1ccccc1. The molecular weight excluding hydrogens is 346 g/mol. The van der Waals surface area contributed by atoms with Crippen molar-refractivity contribution >= 4 is 18.6 Å². The maximum atomic E-state index is 14.6. The number of aryl methyl sites for hydroxylation is 1. The molecule has 1 fully saturated rings. The molecule has 4 nitrogen and oxygen atoms in total. The fourth-order valence-corrected chi connectivity index (χ4v) is 2.86. The molecule has 1 aliphatic rings. The van der Waals surface area contributed by atoms with E-state index in [1.165, 1.54) is 12.1 Å². The molecule has 1 saturated heterocycles. The Kier molecular flexibility index (Phi) is 5.15. The van der Waals surface area contributed by atoms with Crippen LogP contribution in [0.25, 0.3) is 0 Å². The first-order valence-corrected chi connectivity index (χ1v) is 8.97. The lowest BCUT2D eigenvalue weighted by Gasteiger charge is -2.32. The molecule has 1 heterocycles. The molecule has 1 aliphatic heterocycles. The standard InChI is InChI=1S/C21H24BFO4/c1-14-11-18(23)17(22-26-20(2,3)21(4,5)27-22)12-16(14)19(24)25-13-15-9-7-6-8-10-15/h6-12H,13H2,1-5H3. The molecule has 6 heteroatoms. The molecule has 27 heavy (non-hydrogen) atoms. The Balaban J connectivity index is 1.83. The molecule has 0 spiro atoms. The van der Waals surface area contributed by atoms with Crippen LogP contribution in [-0.4, -0.2) is 24.3 Å². The molecule has 0 aliphatic carbocycles. The summed E-state index contributed by atoms with van der Waals surface area (Å²) in [6.07, 6.45) is 0. The van der Waals surface area contributed by atoms with Crippen LogP contribution in [0.4, 0.5) is 4.39 Å². The van der Waals surface area contributed by atoms with E-state index in [-0.39, 0.29) is 12.1 Å². The number of ether oxygens (including phenoxy) is 1. The lowest BCUT2D eigenvalue weighted by Crippen LogP contribution is -2.41. The van der Waals surface area contributed by atoms with Gasteiger partial charge in [0.05, 0.1) is 16.8 Å². The lowest BCUT2D eigenvalue weighted by atomic mass is 9.77. The van der Waals surface area contributed by atoms with Crippen molar-refractivity contribution in [3.8, 4) is 0 Å². The normalized spacial score (nSPS) is 17.8. The predicted molar refractivity (Wildman–Crippen MR) is 102 cm³/mol. The second kappa shape index (κ2) is 7.10. The quantitative estimate of drug-likeness (QED) is 0.607. The summed E-state index contributed by atoms with van der Waals surface area (Å²) in [7, 11) is -0.878. The number of carbonyl (C=O) groups excluding carboxylic acids is 1. The Hall–Kier alpha value is -2.18. The van der Waals surface area contributed by atoms with Gasteiger partial charge in [0.15, 0.2) is 0 Å². The van der Waals surface area contributed by atoms with Crippen molar-refractivity contribution in [1.82, 2.24) is 0 Å². The van der Waals surface area contributed by atoms with E-state index < -0.39 is 30.1 Å². The molecule has 0 saturated carbocycles. The Morgan fingerprint density at radius 1 is 1.07 bits per heavy atom. The van der Waals surface area contributed by atoms with Gasteiger partial charge in [-0.15, -0.1) is 0 Å². The van der Waals surface area contributed by atoms with E-state index in [9.17, 15) is 9.18 Å². The molecule has 3 rings (SSSR count). The van der Waals surface area contributed by atoms with E-state index in [1.54, 1.807) is 6.92 Å². The average Bonchev–Trinajstić information content (AvgIpc) is 2.81. The van der Waals surface area contributed by atoms with Gasteiger partial charge >= 0.3 is 13.1 Å². The second-order valence-corrected chi connectivity index (χ2v) is 7.84. The summed E-state index contributed by atoms with van der Waals surface area (Å²) in [6.45, 7) is 9.42. The van der Waals surface area contributed by atoms with Crippen LogP contribution >= 0.6 is 0 Å². The second-order valence-electron chi connectivity index (χ2n) is 7.84. The van der Waals surface area contributed by atoms with E-state index in [0.29, 0.717) is 11.1 Å². The van der Waals surface area contributed by atoms with Crippen molar-refractivity contribution < 1.29 is 23.2 Å². The highest BCUT2D eigenvalue weighted by Gasteiger charge is 2.52. The minimum atomic E-state index is -0.878. The zero-order valence-corrected chi connectivity index (χ0v) is 16.3. The van der Waals surface area contributed by atoms with E-state index in [1.807, 2.05) is 58.0 Å². The molecule has 0 amide bonds. The van der Waals surface area contributed by atoms with Gasteiger partial charge < -0.3 is 14.0 Å². The molecule has 142 valence electrons. The average molecular weight is 370 g/mol. The fraction of sp³-hybridized carbons (Fsp3) is 0.381. The van der Waals surface area contributed by atoms with E-state index in [4.69, 9.17) is 14.0 Å². The van der Waals surface area contributed by atoms with Gasteiger partial charge in [0.25, 0.3) is 0 Å². The molecule has 0 unspecified atom stereocenters. The number of esters is 1. The molecule has 2 aromatic rings. The number of rotatable bonds is 4. The van der Waals surface area contributed by atoms with Gasteiger partial charge in [0, 0.05) is 5.46 Å². The van der Waals surface area contributed by atoms with Crippen LogP contribution in [0.3, 0.4) is 0 Å². The summed E-state index contributed by atoms with van der Waals surface area (Å²) in [5, 5.41) is 0. The van der Waals surface area contributed by atoms with Crippen molar-refractivity contribution in [2.45, 2.75) is 52.4 Å². The van der Waals surface area contributed by atoms with Gasteiger partial charge in [0.1, 0.15) is 12.4 Å². The highest BCUT2D eigenvalue weighted by atomic mass is 19.1. The first kappa shape index (κ1) is 19.6. The van der Waals surface area contributed by atoms with Crippen LogP contribution in [-0.2, 0) is 20.7 Å².